The van der Waals surface area contributed by atoms with E-state index in [0.717, 1.165) is 22.2 Å². The molecule has 1 N–H and O–H groups in total. The van der Waals surface area contributed by atoms with Gasteiger partial charge in [-0.05, 0) is 42.1 Å². The van der Waals surface area contributed by atoms with Gasteiger partial charge < -0.3 is 5.32 Å². The zero-order valence-electron chi connectivity index (χ0n) is 13.3. The number of halogens is 2. The molecule has 0 atom stereocenters. The lowest BCUT2D eigenvalue weighted by Crippen LogP contribution is -1.90. The number of aromatic nitrogens is 2. The molecule has 24 heavy (non-hydrogen) atoms. The smallest absolute Gasteiger partial charge is 0.213 e. The first-order valence-corrected chi connectivity index (χ1v) is 7.98. The zero-order valence-corrected chi connectivity index (χ0v) is 14.1. The minimum Gasteiger partial charge on any atom is -0.373 e. The number of allylic oxidation sites excluding steroid dienone is 1. The molecule has 0 unspecified atom stereocenters. The Bertz CT molecular complexity index is 799. The molecule has 1 aromatic carbocycles. The molecule has 0 bridgehead atoms. The molecule has 0 radical (unpaired) electrons. The Labute approximate surface area is 144 Å². The van der Waals surface area contributed by atoms with Crippen LogP contribution < -0.4 is 5.32 Å². The van der Waals surface area contributed by atoms with Crippen molar-refractivity contribution in [2.45, 2.75) is 11.8 Å². The second-order valence-corrected chi connectivity index (χ2v) is 5.44. The SMILES string of the molecule is C/C=C\c1ccnc(F)c1.CNc1cc2cc(SF)ccc2cn1. The molecule has 3 nitrogen and oxygen atoms in total. The van der Waals surface area contributed by atoms with Crippen molar-refractivity contribution >= 4 is 34.8 Å². The van der Waals surface area contributed by atoms with Crippen LogP contribution in [0, 0.1) is 5.95 Å². The van der Waals surface area contributed by atoms with Crippen molar-refractivity contribution in [2.24, 2.45) is 0 Å². The number of benzene rings is 1. The van der Waals surface area contributed by atoms with Gasteiger partial charge in [-0.15, -0.1) is 0 Å². The van der Waals surface area contributed by atoms with Crippen molar-refractivity contribution in [1.29, 1.82) is 0 Å². The van der Waals surface area contributed by atoms with E-state index in [0.29, 0.717) is 4.90 Å². The highest BCUT2D eigenvalue weighted by molar-refractivity contribution is 7.94. The predicted molar refractivity (Wildman–Crippen MR) is 97.2 cm³/mol. The third-order valence-electron chi connectivity index (χ3n) is 3.15. The zero-order chi connectivity index (χ0) is 17.4. The lowest BCUT2D eigenvalue weighted by molar-refractivity contribution is 0.583. The lowest BCUT2D eigenvalue weighted by Gasteiger charge is -2.02. The number of nitrogens with one attached hydrogen (secondary N) is 1. The number of hydrogen-bond acceptors (Lipinski definition) is 4. The highest BCUT2D eigenvalue weighted by Crippen LogP contribution is 2.24. The van der Waals surface area contributed by atoms with Crippen LogP contribution >= 0.6 is 12.1 Å². The average Bonchev–Trinajstić information content (AvgIpc) is 2.61. The van der Waals surface area contributed by atoms with Crippen LogP contribution in [0.2, 0.25) is 0 Å². The van der Waals surface area contributed by atoms with Crippen LogP contribution in [0.4, 0.5) is 14.1 Å². The van der Waals surface area contributed by atoms with Gasteiger partial charge in [0.05, 0.1) is 12.1 Å². The van der Waals surface area contributed by atoms with Gasteiger partial charge in [-0.1, -0.05) is 18.2 Å². The van der Waals surface area contributed by atoms with E-state index in [1.807, 2.05) is 44.3 Å². The first-order chi connectivity index (χ1) is 11.7. The fourth-order valence-electron chi connectivity index (χ4n) is 2.02. The van der Waals surface area contributed by atoms with E-state index in [-0.39, 0.29) is 12.1 Å². The van der Waals surface area contributed by atoms with Gasteiger partial charge in [-0.3, -0.25) is 0 Å². The van der Waals surface area contributed by atoms with Gasteiger partial charge in [0.15, 0.2) is 0 Å². The molecular weight excluding hydrogens is 328 g/mol. The summed E-state index contributed by atoms with van der Waals surface area (Å²) in [7, 11) is 1.81. The lowest BCUT2D eigenvalue weighted by atomic mass is 10.2. The van der Waals surface area contributed by atoms with Crippen molar-refractivity contribution in [2.75, 3.05) is 12.4 Å². The standard InChI is InChI=1S/C10H9FN2S.C8H8FN/c1-12-10-5-8-4-9(14-11)3-2-7(8)6-13-10;1-2-3-7-4-5-10-8(9)6-7/h2-6H,1H3,(H,12,13);2-6H,1H3/b;3-2-. The van der Waals surface area contributed by atoms with Crippen molar-refractivity contribution in [3.63, 3.8) is 0 Å². The maximum absolute atomic E-state index is 12.3. The Morgan fingerprint density at radius 1 is 1.08 bits per heavy atom. The average molecular weight is 345 g/mol. The molecule has 2 aromatic heterocycles. The molecule has 6 heteroatoms. The largest absolute Gasteiger partial charge is 0.373 e. The Kier molecular flexibility index (Phi) is 6.69. The third-order valence-corrected chi connectivity index (χ3v) is 3.58. The molecule has 0 fully saturated rings. The fraction of sp³-hybridized carbons (Fsp3) is 0.111. The summed E-state index contributed by atoms with van der Waals surface area (Å²) in [5, 5.41) is 4.95. The summed E-state index contributed by atoms with van der Waals surface area (Å²) in [5.74, 6) is 0.356. The molecule has 124 valence electrons. The topological polar surface area (TPSA) is 37.8 Å². The summed E-state index contributed by atoms with van der Waals surface area (Å²) in [6.45, 7) is 1.89. The third kappa shape index (κ3) is 5.03. The van der Waals surface area contributed by atoms with Gasteiger partial charge >= 0.3 is 0 Å². The van der Waals surface area contributed by atoms with Gasteiger partial charge in [0.25, 0.3) is 0 Å². The maximum Gasteiger partial charge on any atom is 0.213 e. The van der Waals surface area contributed by atoms with E-state index >= 15 is 0 Å². The van der Waals surface area contributed by atoms with E-state index in [9.17, 15) is 8.28 Å². The second-order valence-electron chi connectivity index (χ2n) is 4.82. The van der Waals surface area contributed by atoms with E-state index in [2.05, 4.69) is 15.3 Å². The summed E-state index contributed by atoms with van der Waals surface area (Å²) >= 11 is 0.256. The van der Waals surface area contributed by atoms with Crippen molar-refractivity contribution in [3.8, 4) is 0 Å². The fourth-order valence-corrected chi connectivity index (χ4v) is 2.31. The quantitative estimate of drug-likeness (QED) is 0.636. The summed E-state index contributed by atoms with van der Waals surface area (Å²) in [5.41, 5.74) is 0.843. The molecular formula is C18H17F2N3S. The molecule has 0 amide bonds. The minimum atomic E-state index is -0.435. The molecule has 2 heterocycles. The summed E-state index contributed by atoms with van der Waals surface area (Å²) in [6, 6.07) is 10.5. The first-order valence-electron chi connectivity index (χ1n) is 7.26. The number of anilines is 1. The summed E-state index contributed by atoms with van der Waals surface area (Å²) in [4.78, 5) is 8.21. The minimum absolute atomic E-state index is 0.256. The normalized spacial score (nSPS) is 10.5. The molecule has 0 aliphatic rings. The predicted octanol–water partition coefficient (Wildman–Crippen LogP) is 5.51. The van der Waals surface area contributed by atoms with Crippen molar-refractivity contribution in [1.82, 2.24) is 9.97 Å². The summed E-state index contributed by atoms with van der Waals surface area (Å²) < 4.78 is 24.7. The number of pyridine rings is 2. The van der Waals surface area contributed by atoms with E-state index < -0.39 is 5.95 Å². The maximum atomic E-state index is 12.3. The van der Waals surface area contributed by atoms with Crippen LogP contribution in [0.25, 0.3) is 16.8 Å². The molecule has 3 aromatic rings. The first kappa shape index (κ1) is 17.9. The Morgan fingerprint density at radius 2 is 1.92 bits per heavy atom. The Morgan fingerprint density at radius 3 is 2.58 bits per heavy atom. The Balaban J connectivity index is 0.000000185. The molecule has 0 aliphatic carbocycles. The van der Waals surface area contributed by atoms with Crippen molar-refractivity contribution in [3.05, 3.63) is 66.4 Å². The molecule has 0 aliphatic heterocycles. The highest BCUT2D eigenvalue weighted by atomic mass is 32.2. The van der Waals surface area contributed by atoms with Crippen LogP contribution in [0.1, 0.15) is 12.5 Å². The van der Waals surface area contributed by atoms with Gasteiger partial charge in [-0.25, -0.2) is 9.97 Å². The van der Waals surface area contributed by atoms with Crippen LogP contribution in [-0.4, -0.2) is 17.0 Å². The molecule has 0 saturated heterocycles. The van der Waals surface area contributed by atoms with E-state index in [1.165, 1.54) is 12.3 Å². The van der Waals surface area contributed by atoms with E-state index in [1.54, 1.807) is 18.3 Å². The van der Waals surface area contributed by atoms with Gasteiger partial charge in [-0.2, -0.15) is 8.28 Å². The molecule has 0 saturated carbocycles. The highest BCUT2D eigenvalue weighted by Gasteiger charge is 1.99. The summed E-state index contributed by atoms with van der Waals surface area (Å²) in [6.07, 6.45) is 6.90. The van der Waals surface area contributed by atoms with Gasteiger partial charge in [0, 0.05) is 35.8 Å². The number of fused-ring (bicyclic) bond motifs is 1. The number of rotatable bonds is 3. The van der Waals surface area contributed by atoms with Gasteiger partial charge in [0.1, 0.15) is 5.82 Å². The number of nitrogens with zero attached hydrogens (tertiary/aromatic N) is 2. The second kappa shape index (κ2) is 8.98. The Hall–Kier alpha value is -2.47. The van der Waals surface area contributed by atoms with Crippen LogP contribution in [0.5, 0.6) is 0 Å². The molecule has 3 rings (SSSR count). The van der Waals surface area contributed by atoms with Crippen LogP contribution in [0.3, 0.4) is 0 Å². The number of hydrogen-bond donors (Lipinski definition) is 1. The van der Waals surface area contributed by atoms with Crippen LogP contribution in [-0.2, 0) is 0 Å². The van der Waals surface area contributed by atoms with Crippen molar-refractivity contribution < 1.29 is 8.28 Å². The van der Waals surface area contributed by atoms with Crippen LogP contribution in [0.15, 0.2) is 59.8 Å². The monoisotopic (exact) mass is 345 g/mol. The van der Waals surface area contributed by atoms with Gasteiger partial charge in [0.2, 0.25) is 5.95 Å². The molecule has 0 spiro atoms. The van der Waals surface area contributed by atoms with E-state index in [4.69, 9.17) is 0 Å².